The second kappa shape index (κ2) is 4.57. The van der Waals surface area contributed by atoms with Crippen molar-refractivity contribution in [2.45, 2.75) is 25.8 Å². The second-order valence-corrected chi connectivity index (χ2v) is 4.04. The molecule has 1 aliphatic heterocycles. The minimum atomic E-state index is 0.583. The Hall–Kier alpha value is -1.16. The minimum absolute atomic E-state index is 0.583. The summed E-state index contributed by atoms with van der Waals surface area (Å²) in [7, 11) is 2.03. The van der Waals surface area contributed by atoms with E-state index in [2.05, 4.69) is 20.2 Å². The zero-order valence-corrected chi connectivity index (χ0v) is 9.40. The van der Waals surface area contributed by atoms with Gasteiger partial charge >= 0.3 is 0 Å². The molecule has 0 aliphatic carbocycles. The summed E-state index contributed by atoms with van der Waals surface area (Å²) in [6.45, 7) is 4.15. The summed E-state index contributed by atoms with van der Waals surface area (Å²) in [5.74, 6) is 1.04. The molecule has 0 aromatic carbocycles. The van der Waals surface area contributed by atoms with Crippen molar-refractivity contribution in [3.8, 4) is 0 Å². The molecule has 0 unspecified atom stereocenters. The first kappa shape index (κ1) is 10.4. The molecule has 0 saturated carbocycles. The van der Waals surface area contributed by atoms with E-state index >= 15 is 0 Å². The first-order valence-corrected chi connectivity index (χ1v) is 5.51. The Balaban J connectivity index is 2.13. The molecule has 0 spiro atoms. The molecule has 2 heterocycles. The fourth-order valence-corrected chi connectivity index (χ4v) is 2.12. The number of nitrogens with zero attached hydrogens (tertiary/aromatic N) is 3. The average Bonchev–Trinajstić information content (AvgIpc) is 2.30. The van der Waals surface area contributed by atoms with Crippen molar-refractivity contribution < 1.29 is 0 Å². The molecular formula is C11H18N4. The number of hydrogen-bond donors (Lipinski definition) is 1. The summed E-state index contributed by atoms with van der Waals surface area (Å²) in [6.07, 6.45) is 6.00. The Labute approximate surface area is 90.7 Å². The third-order valence-corrected chi connectivity index (χ3v) is 2.98. The molecule has 2 rings (SSSR count). The van der Waals surface area contributed by atoms with Crippen LogP contribution in [0.4, 0.5) is 5.82 Å². The molecule has 1 saturated heterocycles. The van der Waals surface area contributed by atoms with Gasteiger partial charge in [-0.05, 0) is 26.8 Å². The molecular weight excluding hydrogens is 188 g/mol. The summed E-state index contributed by atoms with van der Waals surface area (Å²) in [5.41, 5.74) is 1.02. The Morgan fingerprint density at radius 1 is 1.40 bits per heavy atom. The van der Waals surface area contributed by atoms with Gasteiger partial charge in [0.25, 0.3) is 0 Å². The van der Waals surface area contributed by atoms with Gasteiger partial charge in [-0.15, -0.1) is 0 Å². The van der Waals surface area contributed by atoms with Crippen LogP contribution >= 0.6 is 0 Å². The van der Waals surface area contributed by atoms with E-state index in [0.29, 0.717) is 6.04 Å². The summed E-state index contributed by atoms with van der Waals surface area (Å²) in [6, 6.07) is 0.583. The number of likely N-dealkylation sites (N-methyl/N-ethyl adjacent to an activating group) is 1. The van der Waals surface area contributed by atoms with Gasteiger partial charge in [0.15, 0.2) is 0 Å². The fourth-order valence-electron chi connectivity index (χ4n) is 2.12. The van der Waals surface area contributed by atoms with Crippen molar-refractivity contribution in [2.24, 2.45) is 0 Å². The van der Waals surface area contributed by atoms with Crippen LogP contribution in [0.25, 0.3) is 0 Å². The molecule has 1 N–H and O–H groups in total. The first-order chi connectivity index (χ1) is 7.31. The molecule has 4 nitrogen and oxygen atoms in total. The fraction of sp³-hybridized carbons (Fsp3) is 0.636. The molecule has 0 bridgehead atoms. The monoisotopic (exact) mass is 206 g/mol. The largest absolute Gasteiger partial charge is 0.354 e. The molecule has 1 atom stereocenters. The third-order valence-electron chi connectivity index (χ3n) is 2.98. The highest BCUT2D eigenvalue weighted by Crippen LogP contribution is 2.19. The van der Waals surface area contributed by atoms with E-state index in [1.165, 1.54) is 12.8 Å². The Kier molecular flexibility index (Phi) is 3.16. The van der Waals surface area contributed by atoms with E-state index in [-0.39, 0.29) is 0 Å². The highest BCUT2D eigenvalue weighted by Gasteiger charge is 2.20. The predicted molar refractivity (Wildman–Crippen MR) is 61.1 cm³/mol. The molecule has 15 heavy (non-hydrogen) atoms. The van der Waals surface area contributed by atoms with Crippen LogP contribution < -0.4 is 10.2 Å². The van der Waals surface area contributed by atoms with Crippen molar-refractivity contribution in [3.05, 3.63) is 18.1 Å². The maximum atomic E-state index is 4.41. The lowest BCUT2D eigenvalue weighted by molar-refractivity contribution is 0.447. The van der Waals surface area contributed by atoms with Gasteiger partial charge in [-0.3, -0.25) is 4.98 Å². The van der Waals surface area contributed by atoms with Crippen LogP contribution in [0.2, 0.25) is 0 Å². The Bertz CT molecular complexity index is 326. The molecule has 0 amide bonds. The quantitative estimate of drug-likeness (QED) is 0.783. The molecule has 1 aromatic rings. The number of hydrogen-bond acceptors (Lipinski definition) is 4. The lowest BCUT2D eigenvalue weighted by Gasteiger charge is -2.33. The van der Waals surface area contributed by atoms with Crippen molar-refractivity contribution in [1.29, 1.82) is 0 Å². The molecule has 0 radical (unpaired) electrons. The van der Waals surface area contributed by atoms with Crippen molar-refractivity contribution in [1.82, 2.24) is 15.3 Å². The number of aryl methyl sites for hydroxylation is 1. The lowest BCUT2D eigenvalue weighted by Crippen LogP contribution is -2.45. The van der Waals surface area contributed by atoms with Gasteiger partial charge in [0.05, 0.1) is 5.69 Å². The normalized spacial score (nSPS) is 21.7. The van der Waals surface area contributed by atoms with Crippen LogP contribution in [0.1, 0.15) is 18.5 Å². The summed E-state index contributed by atoms with van der Waals surface area (Å²) >= 11 is 0. The Morgan fingerprint density at radius 3 is 2.93 bits per heavy atom. The molecule has 4 heteroatoms. The average molecular weight is 206 g/mol. The lowest BCUT2D eigenvalue weighted by atomic mass is 10.1. The van der Waals surface area contributed by atoms with E-state index < -0.39 is 0 Å². The first-order valence-electron chi connectivity index (χ1n) is 5.51. The van der Waals surface area contributed by atoms with E-state index in [4.69, 9.17) is 0 Å². The standard InChI is InChI=1S/C11H18N4/c1-9-11(14-6-5-13-9)15-7-3-4-10(8-15)12-2/h5-6,10,12H,3-4,7-8H2,1-2H3/t10-/m0/s1. The third kappa shape index (κ3) is 2.26. The van der Waals surface area contributed by atoms with Gasteiger partial charge < -0.3 is 10.2 Å². The summed E-state index contributed by atoms with van der Waals surface area (Å²) in [5, 5.41) is 3.33. The van der Waals surface area contributed by atoms with E-state index in [0.717, 1.165) is 24.6 Å². The van der Waals surface area contributed by atoms with Gasteiger partial charge in [-0.2, -0.15) is 0 Å². The van der Waals surface area contributed by atoms with Crippen LogP contribution in [-0.4, -0.2) is 36.1 Å². The van der Waals surface area contributed by atoms with Crippen LogP contribution in [0.3, 0.4) is 0 Å². The van der Waals surface area contributed by atoms with Crippen molar-refractivity contribution in [2.75, 3.05) is 25.0 Å². The minimum Gasteiger partial charge on any atom is -0.354 e. The summed E-state index contributed by atoms with van der Waals surface area (Å²) < 4.78 is 0. The smallest absolute Gasteiger partial charge is 0.150 e. The maximum Gasteiger partial charge on any atom is 0.150 e. The zero-order valence-electron chi connectivity index (χ0n) is 9.40. The molecule has 82 valence electrons. The SMILES string of the molecule is CN[C@H]1CCCN(c2nccnc2C)C1. The molecule has 1 fully saturated rings. The van der Waals surface area contributed by atoms with Crippen molar-refractivity contribution >= 4 is 5.82 Å². The van der Waals surface area contributed by atoms with Gasteiger partial charge in [0.1, 0.15) is 5.82 Å². The highest BCUT2D eigenvalue weighted by atomic mass is 15.2. The molecule has 1 aliphatic rings. The van der Waals surface area contributed by atoms with Gasteiger partial charge in [-0.1, -0.05) is 0 Å². The topological polar surface area (TPSA) is 41.0 Å². The predicted octanol–water partition coefficient (Wildman–Crippen LogP) is 0.973. The number of anilines is 1. The highest BCUT2D eigenvalue weighted by molar-refractivity contribution is 5.42. The maximum absolute atomic E-state index is 4.41. The van der Waals surface area contributed by atoms with Crippen molar-refractivity contribution in [3.63, 3.8) is 0 Å². The van der Waals surface area contributed by atoms with Crippen LogP contribution in [0, 0.1) is 6.92 Å². The van der Waals surface area contributed by atoms with Gasteiger partial charge in [-0.25, -0.2) is 4.98 Å². The number of piperidine rings is 1. The van der Waals surface area contributed by atoms with Gasteiger partial charge in [0.2, 0.25) is 0 Å². The van der Waals surface area contributed by atoms with Gasteiger partial charge in [0, 0.05) is 31.5 Å². The number of nitrogens with one attached hydrogen (secondary N) is 1. The number of rotatable bonds is 2. The second-order valence-electron chi connectivity index (χ2n) is 4.04. The van der Waals surface area contributed by atoms with E-state index in [1.807, 2.05) is 14.0 Å². The Morgan fingerprint density at radius 2 is 2.20 bits per heavy atom. The van der Waals surface area contributed by atoms with E-state index in [9.17, 15) is 0 Å². The zero-order chi connectivity index (χ0) is 10.7. The van der Waals surface area contributed by atoms with Crippen LogP contribution in [0.15, 0.2) is 12.4 Å². The van der Waals surface area contributed by atoms with Crippen LogP contribution in [-0.2, 0) is 0 Å². The van der Waals surface area contributed by atoms with E-state index in [1.54, 1.807) is 12.4 Å². The molecule has 1 aromatic heterocycles. The van der Waals surface area contributed by atoms with Crippen LogP contribution in [0.5, 0.6) is 0 Å². The number of aromatic nitrogens is 2. The summed E-state index contributed by atoms with van der Waals surface area (Å²) in [4.78, 5) is 11.0.